The van der Waals surface area contributed by atoms with Gasteiger partial charge in [0, 0.05) is 22.9 Å². The van der Waals surface area contributed by atoms with E-state index in [9.17, 15) is 14.9 Å². The van der Waals surface area contributed by atoms with E-state index in [0.717, 1.165) is 0 Å². The maximum Gasteiger partial charge on any atom is 0.274 e. The molecule has 0 aliphatic rings. The Morgan fingerprint density at radius 2 is 2.04 bits per heavy atom. The number of nitrogens with zero attached hydrogens (tertiary/aromatic N) is 1. The number of Topliss-reactive ketones (excluding diaryl/α,β-unsaturated/α-hetero) is 1. The number of benzene rings is 2. The van der Waals surface area contributed by atoms with Gasteiger partial charge in [-0.3, -0.25) is 14.9 Å². The van der Waals surface area contributed by atoms with Gasteiger partial charge in [-0.25, -0.2) is 0 Å². The lowest BCUT2D eigenvalue weighted by molar-refractivity contribution is -0.385. The van der Waals surface area contributed by atoms with Crippen LogP contribution < -0.4 is 10.1 Å². The molecule has 1 N–H and O–H groups in total. The number of rotatable bonds is 6. The Bertz CT molecular complexity index is 762. The van der Waals surface area contributed by atoms with Gasteiger partial charge >= 0.3 is 0 Å². The van der Waals surface area contributed by atoms with Crippen molar-refractivity contribution < 1.29 is 14.5 Å². The van der Waals surface area contributed by atoms with Crippen molar-refractivity contribution in [3.63, 3.8) is 0 Å². The molecule has 0 bridgehead atoms. The zero-order valence-electron chi connectivity index (χ0n) is 12.6. The molecule has 0 unspecified atom stereocenters. The van der Waals surface area contributed by atoms with E-state index < -0.39 is 4.92 Å². The summed E-state index contributed by atoms with van der Waals surface area (Å²) in [5, 5.41) is 13.8. The Kier molecular flexibility index (Phi) is 5.33. The van der Waals surface area contributed by atoms with Gasteiger partial charge < -0.3 is 10.1 Å². The maximum atomic E-state index is 12.2. The molecule has 0 fully saturated rings. The molecular weight excluding hydrogens is 364 g/mol. The summed E-state index contributed by atoms with van der Waals surface area (Å²) in [5.41, 5.74) is 1.65. The third kappa shape index (κ3) is 4.07. The number of ketones is 1. The minimum atomic E-state index is -0.442. The van der Waals surface area contributed by atoms with Crippen LogP contribution in [0, 0.1) is 17.0 Å². The molecule has 0 radical (unpaired) electrons. The van der Waals surface area contributed by atoms with Gasteiger partial charge in [0.1, 0.15) is 5.75 Å². The highest BCUT2D eigenvalue weighted by Crippen LogP contribution is 2.26. The molecule has 0 atom stereocenters. The number of hydrogen-bond acceptors (Lipinski definition) is 5. The van der Waals surface area contributed by atoms with Gasteiger partial charge in [-0.1, -0.05) is 6.07 Å². The van der Waals surface area contributed by atoms with Crippen LogP contribution in [-0.4, -0.2) is 24.4 Å². The molecule has 2 rings (SSSR count). The van der Waals surface area contributed by atoms with E-state index in [1.54, 1.807) is 44.4 Å². The fraction of sp³-hybridized carbons (Fsp3) is 0.188. The Labute approximate surface area is 141 Å². The number of aryl methyl sites for hydroxylation is 1. The first kappa shape index (κ1) is 17.0. The standard InChI is InChI=1S/C16H15BrN2O4/c1-10-3-5-12(8-14(10)19(21)22)18-9-15(20)11-4-6-16(23-2)13(17)7-11/h3-8,18H,9H2,1-2H3. The van der Waals surface area contributed by atoms with Crippen LogP contribution >= 0.6 is 15.9 Å². The number of carbonyl (C=O) groups excluding carboxylic acids is 1. The molecule has 0 saturated carbocycles. The fourth-order valence-electron chi connectivity index (χ4n) is 2.04. The van der Waals surface area contributed by atoms with Crippen LogP contribution in [0.25, 0.3) is 0 Å². The van der Waals surface area contributed by atoms with Gasteiger partial charge in [-0.2, -0.15) is 0 Å². The number of halogens is 1. The van der Waals surface area contributed by atoms with Crippen molar-refractivity contribution in [2.24, 2.45) is 0 Å². The van der Waals surface area contributed by atoms with E-state index in [4.69, 9.17) is 4.74 Å². The molecule has 6 nitrogen and oxygen atoms in total. The van der Waals surface area contributed by atoms with Crippen LogP contribution in [-0.2, 0) is 0 Å². The molecule has 7 heteroatoms. The van der Waals surface area contributed by atoms with Gasteiger partial charge in [-0.05, 0) is 47.1 Å². The van der Waals surface area contributed by atoms with Crippen LogP contribution in [0.3, 0.4) is 0 Å². The predicted octanol–water partition coefficient (Wildman–Crippen LogP) is 3.97. The summed E-state index contributed by atoms with van der Waals surface area (Å²) in [6.45, 7) is 1.71. The summed E-state index contributed by atoms with van der Waals surface area (Å²) >= 11 is 3.33. The van der Waals surface area contributed by atoms with Gasteiger partial charge in [0.05, 0.1) is 23.1 Å². The maximum absolute atomic E-state index is 12.2. The average molecular weight is 379 g/mol. The van der Waals surface area contributed by atoms with Gasteiger partial charge in [-0.15, -0.1) is 0 Å². The largest absolute Gasteiger partial charge is 0.496 e. The Morgan fingerprint density at radius 3 is 2.65 bits per heavy atom. The lowest BCUT2D eigenvalue weighted by Crippen LogP contribution is -2.14. The molecule has 120 valence electrons. The number of anilines is 1. The first-order valence-corrected chi connectivity index (χ1v) is 7.57. The SMILES string of the molecule is COc1ccc(C(=O)CNc2ccc(C)c([N+](=O)[O-])c2)cc1Br. The second kappa shape index (κ2) is 7.23. The van der Waals surface area contributed by atoms with E-state index in [1.165, 1.54) is 6.07 Å². The molecule has 0 spiro atoms. The normalized spacial score (nSPS) is 10.2. The van der Waals surface area contributed by atoms with E-state index >= 15 is 0 Å². The summed E-state index contributed by atoms with van der Waals surface area (Å²) < 4.78 is 5.81. The van der Waals surface area contributed by atoms with Crippen LogP contribution in [0.4, 0.5) is 11.4 Å². The second-order valence-corrected chi connectivity index (χ2v) is 5.74. The first-order chi connectivity index (χ1) is 10.9. The molecule has 0 aliphatic carbocycles. The highest BCUT2D eigenvalue weighted by atomic mass is 79.9. The molecular formula is C16H15BrN2O4. The summed E-state index contributed by atoms with van der Waals surface area (Å²) in [7, 11) is 1.55. The van der Waals surface area contributed by atoms with Gasteiger partial charge in [0.25, 0.3) is 5.69 Å². The van der Waals surface area contributed by atoms with Gasteiger partial charge in [0.2, 0.25) is 0 Å². The highest BCUT2D eigenvalue weighted by molar-refractivity contribution is 9.10. The number of hydrogen-bond donors (Lipinski definition) is 1. The number of nitrogens with one attached hydrogen (secondary N) is 1. The lowest BCUT2D eigenvalue weighted by atomic mass is 10.1. The van der Waals surface area contributed by atoms with Gasteiger partial charge in [0.15, 0.2) is 5.78 Å². The van der Waals surface area contributed by atoms with Crippen molar-refractivity contribution in [2.45, 2.75) is 6.92 Å². The number of nitro groups is 1. The van der Waals surface area contributed by atoms with Crippen molar-refractivity contribution in [3.05, 3.63) is 62.1 Å². The predicted molar refractivity (Wildman–Crippen MR) is 91.3 cm³/mol. The molecule has 2 aromatic carbocycles. The molecule has 23 heavy (non-hydrogen) atoms. The Hall–Kier alpha value is -2.41. The van der Waals surface area contributed by atoms with E-state index in [-0.39, 0.29) is 18.0 Å². The smallest absolute Gasteiger partial charge is 0.274 e. The van der Waals surface area contributed by atoms with Crippen LogP contribution in [0.5, 0.6) is 5.75 Å². The zero-order valence-corrected chi connectivity index (χ0v) is 14.2. The average Bonchev–Trinajstić information content (AvgIpc) is 2.53. The Morgan fingerprint density at radius 1 is 1.30 bits per heavy atom. The quantitative estimate of drug-likeness (QED) is 0.467. The third-order valence-electron chi connectivity index (χ3n) is 3.33. The second-order valence-electron chi connectivity index (χ2n) is 4.88. The molecule has 0 heterocycles. The fourth-order valence-corrected chi connectivity index (χ4v) is 2.58. The minimum Gasteiger partial charge on any atom is -0.496 e. The van der Waals surface area contributed by atoms with Crippen LogP contribution in [0.15, 0.2) is 40.9 Å². The molecule has 2 aromatic rings. The summed E-state index contributed by atoms with van der Waals surface area (Å²) in [5.74, 6) is 0.514. The van der Waals surface area contributed by atoms with E-state index in [1.807, 2.05) is 0 Å². The number of ether oxygens (including phenoxy) is 1. The summed E-state index contributed by atoms with van der Waals surface area (Å²) in [6.07, 6.45) is 0. The number of carbonyl (C=O) groups is 1. The monoisotopic (exact) mass is 378 g/mol. The molecule has 0 aliphatic heterocycles. The number of nitro benzene ring substituents is 1. The minimum absolute atomic E-state index is 0.0228. The first-order valence-electron chi connectivity index (χ1n) is 6.78. The lowest BCUT2D eigenvalue weighted by Gasteiger charge is -2.08. The van der Waals surface area contributed by atoms with E-state index in [2.05, 4.69) is 21.2 Å². The molecule has 0 amide bonds. The van der Waals surface area contributed by atoms with Crippen molar-refractivity contribution in [3.8, 4) is 5.75 Å². The Balaban J connectivity index is 2.09. The topological polar surface area (TPSA) is 81.5 Å². The third-order valence-corrected chi connectivity index (χ3v) is 3.95. The molecule has 0 saturated heterocycles. The number of methoxy groups -OCH3 is 1. The van der Waals surface area contributed by atoms with Crippen molar-refractivity contribution >= 4 is 33.1 Å². The van der Waals surface area contributed by atoms with Crippen LogP contribution in [0.1, 0.15) is 15.9 Å². The summed E-state index contributed by atoms with van der Waals surface area (Å²) in [4.78, 5) is 22.7. The zero-order chi connectivity index (χ0) is 17.0. The van der Waals surface area contributed by atoms with Crippen molar-refractivity contribution in [1.29, 1.82) is 0 Å². The highest BCUT2D eigenvalue weighted by Gasteiger charge is 2.12. The molecule has 0 aromatic heterocycles. The van der Waals surface area contributed by atoms with Crippen molar-refractivity contribution in [1.82, 2.24) is 0 Å². The summed E-state index contributed by atoms with van der Waals surface area (Å²) in [6, 6.07) is 9.83. The van der Waals surface area contributed by atoms with E-state index in [0.29, 0.717) is 27.0 Å². The van der Waals surface area contributed by atoms with Crippen LogP contribution in [0.2, 0.25) is 0 Å². The van der Waals surface area contributed by atoms with Crippen molar-refractivity contribution in [2.75, 3.05) is 19.0 Å².